The van der Waals surface area contributed by atoms with Gasteiger partial charge in [0.2, 0.25) is 0 Å². The second-order valence-electron chi connectivity index (χ2n) is 8.79. The van der Waals surface area contributed by atoms with Crippen LogP contribution in [0.1, 0.15) is 36.1 Å². The zero-order valence-corrected chi connectivity index (χ0v) is 20.9. The maximum atomic E-state index is 13.2. The lowest BCUT2D eigenvalue weighted by molar-refractivity contribution is -0.140. The summed E-state index contributed by atoms with van der Waals surface area (Å²) in [4.78, 5) is 29.7. The molecule has 0 aromatic heterocycles. The molecule has 1 aliphatic heterocycles. The molecule has 1 amide bonds. The average Bonchev–Trinajstić information content (AvgIpc) is 3.10. The molecule has 0 saturated carbocycles. The van der Waals surface area contributed by atoms with Gasteiger partial charge in [-0.05, 0) is 68.9 Å². The molecule has 3 rings (SSSR count). The fourth-order valence-corrected chi connectivity index (χ4v) is 3.99. The van der Waals surface area contributed by atoms with E-state index in [2.05, 4.69) is 6.58 Å². The van der Waals surface area contributed by atoms with Crippen LogP contribution in [0.4, 0.5) is 0 Å². The summed E-state index contributed by atoms with van der Waals surface area (Å²) >= 11 is 0. The van der Waals surface area contributed by atoms with Crippen LogP contribution >= 0.6 is 0 Å². The van der Waals surface area contributed by atoms with Gasteiger partial charge in [0.1, 0.15) is 23.9 Å². The largest absolute Gasteiger partial charge is 0.507 e. The number of aliphatic hydroxyl groups excluding tert-OH is 1. The number of aliphatic hydroxyl groups is 1. The highest BCUT2D eigenvalue weighted by Gasteiger charge is 2.45. The Morgan fingerprint density at radius 1 is 1.14 bits per heavy atom. The van der Waals surface area contributed by atoms with E-state index in [0.29, 0.717) is 37.6 Å². The topological polar surface area (TPSA) is 79.3 Å². The second-order valence-corrected chi connectivity index (χ2v) is 8.79. The number of ether oxygens (including phenoxy) is 2. The summed E-state index contributed by atoms with van der Waals surface area (Å²) in [6, 6.07) is 11.8. The number of hydrogen-bond donors (Lipinski definition) is 1. The molecule has 0 spiro atoms. The van der Waals surface area contributed by atoms with Gasteiger partial charge < -0.3 is 24.4 Å². The lowest BCUT2D eigenvalue weighted by Gasteiger charge is -2.26. The summed E-state index contributed by atoms with van der Waals surface area (Å²) < 4.78 is 11.3. The zero-order chi connectivity index (χ0) is 25.5. The molecular weight excluding hydrogens is 444 g/mol. The maximum absolute atomic E-state index is 13.2. The Balaban J connectivity index is 2.06. The molecule has 1 saturated heterocycles. The molecule has 1 atom stereocenters. The van der Waals surface area contributed by atoms with Crippen LogP contribution in [0.5, 0.6) is 11.5 Å². The highest BCUT2D eigenvalue weighted by atomic mass is 16.5. The summed E-state index contributed by atoms with van der Waals surface area (Å²) in [5, 5.41) is 11.3. The lowest BCUT2D eigenvalue weighted by Crippen LogP contribution is -2.35. The van der Waals surface area contributed by atoms with Crippen molar-refractivity contribution in [1.29, 1.82) is 0 Å². The van der Waals surface area contributed by atoms with Gasteiger partial charge in [0.25, 0.3) is 11.7 Å². The van der Waals surface area contributed by atoms with Gasteiger partial charge in [-0.25, -0.2) is 0 Å². The molecule has 7 nitrogen and oxygen atoms in total. The third kappa shape index (κ3) is 5.92. The first-order chi connectivity index (χ1) is 16.8. The molecular formula is C28H34N2O5. The minimum absolute atomic E-state index is 0.0788. The smallest absolute Gasteiger partial charge is 0.295 e. The van der Waals surface area contributed by atoms with Crippen molar-refractivity contribution < 1.29 is 24.2 Å². The normalized spacial score (nSPS) is 17.2. The number of carbonyl (C=O) groups excluding carboxylic acids is 2. The fourth-order valence-electron chi connectivity index (χ4n) is 3.99. The van der Waals surface area contributed by atoms with Crippen LogP contribution < -0.4 is 9.47 Å². The Hall–Kier alpha value is -3.58. The van der Waals surface area contributed by atoms with Crippen LogP contribution in [0.3, 0.4) is 0 Å². The summed E-state index contributed by atoms with van der Waals surface area (Å²) in [7, 11) is 3.81. The van der Waals surface area contributed by atoms with E-state index >= 15 is 0 Å². The summed E-state index contributed by atoms with van der Waals surface area (Å²) in [5.41, 5.74) is 2.10. The first kappa shape index (κ1) is 26.0. The van der Waals surface area contributed by atoms with E-state index in [-0.39, 0.29) is 11.3 Å². The fraction of sp³-hybridized carbons (Fsp3) is 0.357. The number of ketones is 1. The van der Waals surface area contributed by atoms with Crippen molar-refractivity contribution in [2.45, 2.75) is 26.3 Å². The van der Waals surface area contributed by atoms with Crippen molar-refractivity contribution in [2.24, 2.45) is 0 Å². The molecule has 0 bridgehead atoms. The summed E-state index contributed by atoms with van der Waals surface area (Å²) in [6.07, 6.45) is 2.54. The molecule has 7 heteroatoms. The Morgan fingerprint density at radius 3 is 2.46 bits per heavy atom. The Labute approximate surface area is 207 Å². The van der Waals surface area contributed by atoms with Gasteiger partial charge in [0.05, 0.1) is 18.2 Å². The molecule has 1 unspecified atom stereocenters. The molecule has 2 aromatic rings. The van der Waals surface area contributed by atoms with Gasteiger partial charge in [-0.15, -0.1) is 0 Å². The van der Waals surface area contributed by atoms with Crippen LogP contribution in [0, 0.1) is 6.92 Å². The highest BCUT2D eigenvalue weighted by molar-refractivity contribution is 6.46. The van der Waals surface area contributed by atoms with E-state index in [4.69, 9.17) is 9.47 Å². The third-order valence-corrected chi connectivity index (χ3v) is 5.80. The first-order valence-electron chi connectivity index (χ1n) is 11.8. The lowest BCUT2D eigenvalue weighted by atomic mass is 9.94. The molecule has 186 valence electrons. The number of nitrogens with zero attached hydrogens (tertiary/aromatic N) is 2. The van der Waals surface area contributed by atoms with Crippen molar-refractivity contribution in [2.75, 3.05) is 40.4 Å². The third-order valence-electron chi connectivity index (χ3n) is 5.80. The predicted molar refractivity (Wildman–Crippen MR) is 137 cm³/mol. The number of Topliss-reactive ketones (excluding diaryl/α,β-unsaturated/α-hetero) is 1. The van der Waals surface area contributed by atoms with E-state index in [0.717, 1.165) is 23.3 Å². The van der Waals surface area contributed by atoms with Gasteiger partial charge in [0, 0.05) is 18.7 Å². The molecule has 1 aliphatic rings. The van der Waals surface area contributed by atoms with E-state index in [1.165, 1.54) is 4.90 Å². The van der Waals surface area contributed by atoms with E-state index in [1.807, 2.05) is 45.0 Å². The minimum atomic E-state index is -0.709. The van der Waals surface area contributed by atoms with Gasteiger partial charge >= 0.3 is 0 Å². The van der Waals surface area contributed by atoms with Gasteiger partial charge in [-0.2, -0.15) is 0 Å². The number of carbonyl (C=O) groups is 2. The minimum Gasteiger partial charge on any atom is -0.507 e. The van der Waals surface area contributed by atoms with E-state index in [9.17, 15) is 14.7 Å². The van der Waals surface area contributed by atoms with Gasteiger partial charge in [0.15, 0.2) is 0 Å². The van der Waals surface area contributed by atoms with Crippen molar-refractivity contribution in [1.82, 2.24) is 9.80 Å². The molecule has 1 N–H and O–H groups in total. The number of likely N-dealkylation sites (N-methyl/N-ethyl adjacent to an activating group) is 1. The number of rotatable bonds is 11. The highest BCUT2D eigenvalue weighted by Crippen LogP contribution is 2.40. The number of benzene rings is 2. The van der Waals surface area contributed by atoms with Crippen LogP contribution in [0.2, 0.25) is 0 Å². The molecule has 1 heterocycles. The van der Waals surface area contributed by atoms with E-state index < -0.39 is 17.7 Å². The molecule has 0 aliphatic carbocycles. The number of amides is 1. The van der Waals surface area contributed by atoms with Crippen molar-refractivity contribution in [3.05, 3.63) is 77.4 Å². The number of likely N-dealkylation sites (tertiary alicyclic amines) is 1. The Kier molecular flexibility index (Phi) is 8.71. The standard InChI is InChI=1S/C28H34N2O5/c1-6-16-34-22-11-8-20(9-12-22)25-24(27(32)28(33)30(25)15-14-29(4)5)26(31)21-10-13-23(19(3)18-21)35-17-7-2/h6,8-13,18,25,31H,1,7,14-17H2,2-5H3/b26-24+. The molecule has 35 heavy (non-hydrogen) atoms. The van der Waals surface area contributed by atoms with Crippen molar-refractivity contribution in [3.63, 3.8) is 0 Å². The Bertz CT molecular complexity index is 1100. The van der Waals surface area contributed by atoms with Crippen molar-refractivity contribution in [3.8, 4) is 11.5 Å². The zero-order valence-electron chi connectivity index (χ0n) is 20.9. The van der Waals surface area contributed by atoms with Gasteiger partial charge in [-0.1, -0.05) is 31.7 Å². The van der Waals surface area contributed by atoms with Gasteiger partial charge in [-0.3, -0.25) is 9.59 Å². The van der Waals surface area contributed by atoms with Crippen molar-refractivity contribution >= 4 is 17.4 Å². The summed E-state index contributed by atoms with van der Waals surface area (Å²) in [5.74, 6) is -0.135. The Morgan fingerprint density at radius 2 is 1.86 bits per heavy atom. The quantitative estimate of drug-likeness (QED) is 0.224. The van der Waals surface area contributed by atoms with Crippen LogP contribution in [0.25, 0.3) is 5.76 Å². The maximum Gasteiger partial charge on any atom is 0.295 e. The SMILES string of the molecule is C=CCOc1ccc(C2/C(=C(\O)c3ccc(OCCC)c(C)c3)C(=O)C(=O)N2CCN(C)C)cc1. The first-order valence-corrected chi connectivity index (χ1v) is 11.8. The molecule has 1 fully saturated rings. The van der Waals surface area contributed by atoms with Crippen LogP contribution in [-0.2, 0) is 9.59 Å². The second kappa shape index (κ2) is 11.7. The van der Waals surface area contributed by atoms with Crippen LogP contribution in [0.15, 0.2) is 60.7 Å². The summed E-state index contributed by atoms with van der Waals surface area (Å²) in [6.45, 7) is 9.45. The monoisotopic (exact) mass is 478 g/mol. The average molecular weight is 479 g/mol. The number of aryl methyl sites for hydroxylation is 1. The predicted octanol–water partition coefficient (Wildman–Crippen LogP) is 4.33. The van der Waals surface area contributed by atoms with Crippen LogP contribution in [-0.4, -0.2) is 67.0 Å². The molecule has 2 aromatic carbocycles. The molecule has 0 radical (unpaired) electrons. The number of hydrogen-bond acceptors (Lipinski definition) is 6. The van der Waals surface area contributed by atoms with E-state index in [1.54, 1.807) is 36.4 Å².